The van der Waals surface area contributed by atoms with Crippen LogP contribution in [0.5, 0.6) is 0 Å². The van der Waals surface area contributed by atoms with Crippen molar-refractivity contribution in [3.8, 4) is 0 Å². The lowest BCUT2D eigenvalue weighted by Gasteiger charge is -2.02. The minimum absolute atomic E-state index is 0.348. The number of unbranched alkanes of at least 4 members (excludes halogenated alkanes) is 7. The molecule has 0 radical (unpaired) electrons. The van der Waals surface area contributed by atoms with Gasteiger partial charge in [-0.25, -0.2) is 0 Å². The Morgan fingerprint density at radius 1 is 0.867 bits per heavy atom. The number of ether oxygens (including phenoxy) is 1. The number of aliphatic hydroxyl groups excluding tert-OH is 1. The molecular formula is C13H26O2. The molecule has 1 N–H and O–H groups in total. The second kappa shape index (κ2) is 13.7. The van der Waals surface area contributed by atoms with E-state index in [0.29, 0.717) is 13.2 Å². The van der Waals surface area contributed by atoms with Gasteiger partial charge in [0.05, 0.1) is 6.61 Å². The van der Waals surface area contributed by atoms with E-state index < -0.39 is 0 Å². The second-order valence-corrected chi connectivity index (χ2v) is 3.92. The summed E-state index contributed by atoms with van der Waals surface area (Å²) in [6, 6.07) is 0. The zero-order valence-corrected chi connectivity index (χ0v) is 9.92. The summed E-state index contributed by atoms with van der Waals surface area (Å²) < 4.78 is 5.30. The summed E-state index contributed by atoms with van der Waals surface area (Å²) in [4.78, 5) is 0. The molecule has 0 unspecified atom stereocenters. The van der Waals surface area contributed by atoms with Gasteiger partial charge in [0.2, 0.25) is 0 Å². The van der Waals surface area contributed by atoms with Gasteiger partial charge in [0.1, 0.15) is 0 Å². The predicted octanol–water partition coefficient (Wildman–Crippen LogP) is 3.30. The van der Waals surface area contributed by atoms with Gasteiger partial charge in [-0.05, 0) is 12.8 Å². The lowest BCUT2D eigenvalue weighted by atomic mass is 10.1. The Balaban J connectivity index is 2.83. The van der Waals surface area contributed by atoms with Crippen molar-refractivity contribution in [3.05, 3.63) is 12.7 Å². The van der Waals surface area contributed by atoms with Crippen LogP contribution in [0, 0.1) is 0 Å². The monoisotopic (exact) mass is 214 g/mol. The molecule has 0 heterocycles. The maximum Gasteiger partial charge on any atom is 0.0644 e. The number of aliphatic hydroxyl groups is 1. The highest BCUT2D eigenvalue weighted by Crippen LogP contribution is 2.08. The number of hydrogen-bond acceptors (Lipinski definition) is 2. The fourth-order valence-electron chi connectivity index (χ4n) is 1.54. The van der Waals surface area contributed by atoms with E-state index in [1.165, 1.54) is 44.9 Å². The van der Waals surface area contributed by atoms with Crippen molar-refractivity contribution in [2.24, 2.45) is 0 Å². The molecule has 0 aromatic rings. The first-order valence-electron chi connectivity index (χ1n) is 6.21. The molecule has 0 bridgehead atoms. The lowest BCUT2D eigenvalue weighted by molar-refractivity contribution is 0.157. The fourth-order valence-corrected chi connectivity index (χ4v) is 1.54. The molecule has 0 saturated heterocycles. The van der Waals surface area contributed by atoms with E-state index in [2.05, 4.69) is 6.58 Å². The molecule has 0 saturated carbocycles. The van der Waals surface area contributed by atoms with E-state index in [9.17, 15) is 0 Å². The van der Waals surface area contributed by atoms with E-state index in [0.717, 1.165) is 13.0 Å². The molecule has 0 fully saturated rings. The van der Waals surface area contributed by atoms with Crippen LogP contribution in [0.3, 0.4) is 0 Å². The molecule has 2 heteroatoms. The van der Waals surface area contributed by atoms with Crippen molar-refractivity contribution in [3.63, 3.8) is 0 Å². The first-order valence-corrected chi connectivity index (χ1v) is 6.21. The minimum Gasteiger partial charge on any atom is -0.396 e. The van der Waals surface area contributed by atoms with Crippen LogP contribution in [-0.2, 0) is 4.74 Å². The molecule has 0 aliphatic heterocycles. The molecule has 0 spiro atoms. The summed E-state index contributed by atoms with van der Waals surface area (Å²) in [5.41, 5.74) is 0. The van der Waals surface area contributed by atoms with Gasteiger partial charge in [-0.15, -0.1) is 6.58 Å². The molecule has 90 valence electrons. The van der Waals surface area contributed by atoms with Crippen molar-refractivity contribution in [2.75, 3.05) is 19.8 Å². The summed E-state index contributed by atoms with van der Waals surface area (Å²) in [5, 5.41) is 8.59. The number of rotatable bonds is 12. The molecule has 15 heavy (non-hydrogen) atoms. The van der Waals surface area contributed by atoms with Gasteiger partial charge in [-0.2, -0.15) is 0 Å². The van der Waals surface area contributed by atoms with Gasteiger partial charge < -0.3 is 9.84 Å². The molecule has 0 aliphatic rings. The molecule has 0 aromatic carbocycles. The van der Waals surface area contributed by atoms with Crippen molar-refractivity contribution in [1.29, 1.82) is 0 Å². The van der Waals surface area contributed by atoms with E-state index in [-0.39, 0.29) is 0 Å². The zero-order valence-electron chi connectivity index (χ0n) is 9.92. The zero-order chi connectivity index (χ0) is 11.2. The van der Waals surface area contributed by atoms with Crippen molar-refractivity contribution in [2.45, 2.75) is 51.4 Å². The maximum atomic E-state index is 8.59. The van der Waals surface area contributed by atoms with Crippen LogP contribution >= 0.6 is 0 Å². The van der Waals surface area contributed by atoms with Crippen LogP contribution in [0.2, 0.25) is 0 Å². The Hall–Kier alpha value is -0.340. The summed E-state index contributed by atoms with van der Waals surface area (Å²) in [5.74, 6) is 0. The van der Waals surface area contributed by atoms with E-state index in [1.807, 2.05) is 0 Å². The summed E-state index contributed by atoms with van der Waals surface area (Å²) in [6.07, 6.45) is 11.6. The third kappa shape index (κ3) is 13.7. The lowest BCUT2D eigenvalue weighted by Crippen LogP contribution is -1.93. The van der Waals surface area contributed by atoms with Gasteiger partial charge in [-0.1, -0.05) is 44.6 Å². The SMILES string of the molecule is C=CCOCCCCCCCCCCO. The Morgan fingerprint density at radius 2 is 1.40 bits per heavy atom. The highest BCUT2D eigenvalue weighted by molar-refractivity contribution is 4.63. The molecule has 2 nitrogen and oxygen atoms in total. The first-order chi connectivity index (χ1) is 7.41. The quantitative estimate of drug-likeness (QED) is 0.399. The van der Waals surface area contributed by atoms with E-state index in [1.54, 1.807) is 6.08 Å². The summed E-state index contributed by atoms with van der Waals surface area (Å²) >= 11 is 0. The molecular weight excluding hydrogens is 188 g/mol. The first kappa shape index (κ1) is 14.7. The van der Waals surface area contributed by atoms with Gasteiger partial charge >= 0.3 is 0 Å². The largest absolute Gasteiger partial charge is 0.396 e. The van der Waals surface area contributed by atoms with Gasteiger partial charge in [0.15, 0.2) is 0 Å². The molecule has 0 rings (SSSR count). The van der Waals surface area contributed by atoms with Gasteiger partial charge in [0, 0.05) is 13.2 Å². The van der Waals surface area contributed by atoms with Crippen LogP contribution in [0.1, 0.15) is 51.4 Å². The average Bonchev–Trinajstić information content (AvgIpc) is 2.26. The minimum atomic E-state index is 0.348. The Labute approximate surface area is 94.3 Å². The van der Waals surface area contributed by atoms with Crippen LogP contribution < -0.4 is 0 Å². The van der Waals surface area contributed by atoms with Crippen molar-refractivity contribution < 1.29 is 9.84 Å². The fraction of sp³-hybridized carbons (Fsp3) is 0.846. The maximum absolute atomic E-state index is 8.59. The van der Waals surface area contributed by atoms with Crippen LogP contribution in [0.15, 0.2) is 12.7 Å². The van der Waals surface area contributed by atoms with Crippen LogP contribution in [-0.4, -0.2) is 24.9 Å². The molecule has 0 amide bonds. The normalized spacial score (nSPS) is 10.5. The summed E-state index contributed by atoms with van der Waals surface area (Å²) in [7, 11) is 0. The Morgan fingerprint density at radius 3 is 1.93 bits per heavy atom. The predicted molar refractivity (Wildman–Crippen MR) is 65.0 cm³/mol. The standard InChI is InChI=1S/C13H26O2/c1-2-12-15-13-10-8-6-4-3-5-7-9-11-14/h2,14H,1,3-13H2. The highest BCUT2D eigenvalue weighted by atomic mass is 16.5. The topological polar surface area (TPSA) is 29.5 Å². The van der Waals surface area contributed by atoms with E-state index in [4.69, 9.17) is 9.84 Å². The van der Waals surface area contributed by atoms with Crippen molar-refractivity contribution in [1.82, 2.24) is 0 Å². The molecule has 0 aromatic heterocycles. The Bertz CT molecular complexity index is 124. The Kier molecular flexibility index (Phi) is 13.4. The smallest absolute Gasteiger partial charge is 0.0644 e. The second-order valence-electron chi connectivity index (χ2n) is 3.92. The molecule has 0 aliphatic carbocycles. The van der Waals surface area contributed by atoms with Gasteiger partial charge in [0.25, 0.3) is 0 Å². The van der Waals surface area contributed by atoms with Crippen molar-refractivity contribution >= 4 is 0 Å². The number of hydrogen-bond donors (Lipinski definition) is 1. The third-order valence-corrected chi connectivity index (χ3v) is 2.43. The summed E-state index contributed by atoms with van der Waals surface area (Å²) in [6.45, 7) is 5.50. The van der Waals surface area contributed by atoms with Crippen LogP contribution in [0.4, 0.5) is 0 Å². The highest BCUT2D eigenvalue weighted by Gasteiger charge is 1.92. The third-order valence-electron chi connectivity index (χ3n) is 2.43. The van der Waals surface area contributed by atoms with E-state index >= 15 is 0 Å². The van der Waals surface area contributed by atoms with Gasteiger partial charge in [-0.3, -0.25) is 0 Å². The van der Waals surface area contributed by atoms with Crippen LogP contribution in [0.25, 0.3) is 0 Å². The average molecular weight is 214 g/mol. The molecule has 0 atom stereocenters.